The van der Waals surface area contributed by atoms with Crippen LogP contribution in [0.25, 0.3) is 0 Å². The Balaban J connectivity index is 1.72. The van der Waals surface area contributed by atoms with E-state index in [1.165, 1.54) is 19.3 Å². The number of carbonyl (C=O) groups is 1. The number of rotatable bonds is 8. The summed E-state index contributed by atoms with van der Waals surface area (Å²) in [6, 6.07) is 13.5. The van der Waals surface area contributed by atoms with Crippen LogP contribution in [0.5, 0.6) is 5.75 Å². The smallest absolute Gasteiger partial charge is 0.247 e. The van der Waals surface area contributed by atoms with E-state index in [0.29, 0.717) is 23.7 Å². The van der Waals surface area contributed by atoms with E-state index in [9.17, 15) is 13.2 Å². The number of carbonyl (C=O) groups excluding carboxylic acids is 1. The monoisotopic (exact) mass is 445 g/mol. The summed E-state index contributed by atoms with van der Waals surface area (Å²) in [4.78, 5) is 15.2. The molecule has 0 unspecified atom stereocenters. The molecule has 1 heterocycles. The second-order valence-electron chi connectivity index (χ2n) is 7.75. The van der Waals surface area contributed by atoms with Gasteiger partial charge in [0.2, 0.25) is 15.9 Å². The molecule has 7 nitrogen and oxygen atoms in total. The van der Waals surface area contributed by atoms with Crippen molar-refractivity contribution < 1.29 is 17.9 Å². The minimum Gasteiger partial charge on any atom is -0.494 e. The molecule has 168 valence electrons. The molecule has 1 saturated heterocycles. The SMILES string of the molecule is CCOc1ccc(N([C@@H](C)C(=O)Nc2ccc(N3CCCCC3)cc2)S(C)(=O)=O)cc1. The van der Waals surface area contributed by atoms with Crippen molar-refractivity contribution in [2.75, 3.05) is 40.5 Å². The van der Waals surface area contributed by atoms with Crippen molar-refractivity contribution in [2.24, 2.45) is 0 Å². The Kier molecular flexibility index (Phi) is 7.43. The van der Waals surface area contributed by atoms with Gasteiger partial charge in [-0.05, 0) is 81.6 Å². The van der Waals surface area contributed by atoms with E-state index in [2.05, 4.69) is 10.2 Å². The zero-order chi connectivity index (χ0) is 22.4. The first kappa shape index (κ1) is 22.9. The lowest BCUT2D eigenvalue weighted by atomic mass is 10.1. The van der Waals surface area contributed by atoms with Crippen LogP contribution in [0.4, 0.5) is 17.1 Å². The van der Waals surface area contributed by atoms with Crippen molar-refractivity contribution in [3.63, 3.8) is 0 Å². The zero-order valence-corrected chi connectivity index (χ0v) is 19.2. The molecule has 0 radical (unpaired) electrons. The van der Waals surface area contributed by atoms with Crippen molar-refractivity contribution >= 4 is 33.0 Å². The van der Waals surface area contributed by atoms with Gasteiger partial charge in [-0.3, -0.25) is 9.10 Å². The van der Waals surface area contributed by atoms with Gasteiger partial charge in [0.25, 0.3) is 0 Å². The molecule has 3 rings (SSSR count). The molecule has 2 aromatic rings. The summed E-state index contributed by atoms with van der Waals surface area (Å²) >= 11 is 0. The van der Waals surface area contributed by atoms with E-state index >= 15 is 0 Å². The molecule has 0 bridgehead atoms. The predicted octanol–water partition coefficient (Wildman–Crippen LogP) is 3.87. The van der Waals surface area contributed by atoms with Gasteiger partial charge in [-0.25, -0.2) is 8.42 Å². The molecule has 0 saturated carbocycles. The van der Waals surface area contributed by atoms with Crippen LogP contribution in [0.3, 0.4) is 0 Å². The van der Waals surface area contributed by atoms with Gasteiger partial charge in [0.05, 0.1) is 18.6 Å². The molecule has 0 aliphatic carbocycles. The summed E-state index contributed by atoms with van der Waals surface area (Å²) in [5, 5.41) is 2.84. The molecule has 1 atom stereocenters. The predicted molar refractivity (Wildman–Crippen MR) is 126 cm³/mol. The van der Waals surface area contributed by atoms with Crippen LogP contribution in [0, 0.1) is 0 Å². The number of nitrogens with one attached hydrogen (secondary N) is 1. The maximum absolute atomic E-state index is 12.9. The second-order valence-corrected chi connectivity index (χ2v) is 9.60. The Hall–Kier alpha value is -2.74. The molecule has 0 spiro atoms. The third-order valence-corrected chi connectivity index (χ3v) is 6.59. The van der Waals surface area contributed by atoms with E-state index < -0.39 is 22.0 Å². The molecule has 8 heteroatoms. The van der Waals surface area contributed by atoms with Crippen molar-refractivity contribution in [1.82, 2.24) is 0 Å². The van der Waals surface area contributed by atoms with Gasteiger partial charge in [0, 0.05) is 24.5 Å². The highest BCUT2D eigenvalue weighted by molar-refractivity contribution is 7.92. The third-order valence-electron chi connectivity index (χ3n) is 5.35. The van der Waals surface area contributed by atoms with Crippen LogP contribution < -0.4 is 19.3 Å². The number of nitrogens with zero attached hydrogens (tertiary/aromatic N) is 2. The molecule has 1 fully saturated rings. The highest BCUT2D eigenvalue weighted by atomic mass is 32.2. The van der Waals surface area contributed by atoms with Crippen LogP contribution in [-0.4, -0.2) is 46.3 Å². The Labute approximate surface area is 185 Å². The Bertz CT molecular complexity index is 969. The van der Waals surface area contributed by atoms with Gasteiger partial charge in [0.15, 0.2) is 0 Å². The molecular formula is C23H31N3O4S. The van der Waals surface area contributed by atoms with Crippen LogP contribution in [0.1, 0.15) is 33.1 Å². The summed E-state index contributed by atoms with van der Waals surface area (Å²) in [5.41, 5.74) is 2.18. The normalized spacial score (nSPS) is 15.3. The molecule has 2 aromatic carbocycles. The molecule has 31 heavy (non-hydrogen) atoms. The summed E-state index contributed by atoms with van der Waals surface area (Å²) in [6.07, 6.45) is 4.76. The highest BCUT2D eigenvalue weighted by Crippen LogP contribution is 2.25. The lowest BCUT2D eigenvalue weighted by molar-refractivity contribution is -0.116. The standard InChI is InChI=1S/C23H31N3O4S/c1-4-30-22-14-12-21(13-15-22)26(31(3,28)29)18(2)23(27)24-19-8-10-20(11-9-19)25-16-6-5-7-17-25/h8-15,18H,4-7,16-17H2,1-3H3,(H,24,27)/t18-/m0/s1. The largest absolute Gasteiger partial charge is 0.494 e. The number of amides is 1. The number of hydrogen-bond acceptors (Lipinski definition) is 5. The van der Waals surface area contributed by atoms with Crippen LogP contribution in [0.2, 0.25) is 0 Å². The lowest BCUT2D eigenvalue weighted by Gasteiger charge is -2.29. The zero-order valence-electron chi connectivity index (χ0n) is 18.4. The first-order valence-electron chi connectivity index (χ1n) is 10.7. The maximum Gasteiger partial charge on any atom is 0.247 e. The Morgan fingerprint density at radius 3 is 2.23 bits per heavy atom. The number of piperidine rings is 1. The molecule has 1 aliphatic rings. The van der Waals surface area contributed by atoms with Crippen LogP contribution in [-0.2, 0) is 14.8 Å². The van der Waals surface area contributed by atoms with E-state index in [1.807, 2.05) is 31.2 Å². The van der Waals surface area contributed by atoms with Gasteiger partial charge in [0.1, 0.15) is 11.8 Å². The summed E-state index contributed by atoms with van der Waals surface area (Å²) in [5.74, 6) is 0.246. The highest BCUT2D eigenvalue weighted by Gasteiger charge is 2.29. The van der Waals surface area contributed by atoms with Crippen molar-refractivity contribution in [3.05, 3.63) is 48.5 Å². The van der Waals surface area contributed by atoms with Crippen LogP contribution in [0.15, 0.2) is 48.5 Å². The van der Waals surface area contributed by atoms with Crippen molar-refractivity contribution in [3.8, 4) is 5.75 Å². The average Bonchev–Trinajstić information content (AvgIpc) is 2.75. The van der Waals surface area contributed by atoms with Gasteiger partial charge in [-0.1, -0.05) is 0 Å². The first-order chi connectivity index (χ1) is 14.8. The Morgan fingerprint density at radius 2 is 1.68 bits per heavy atom. The topological polar surface area (TPSA) is 79.0 Å². The minimum absolute atomic E-state index is 0.398. The third kappa shape index (κ3) is 5.91. The van der Waals surface area contributed by atoms with Crippen LogP contribution >= 0.6 is 0 Å². The fourth-order valence-electron chi connectivity index (χ4n) is 3.82. The van der Waals surface area contributed by atoms with E-state index in [1.54, 1.807) is 31.2 Å². The molecule has 1 N–H and O–H groups in total. The molecule has 1 aliphatic heterocycles. The quantitative estimate of drug-likeness (QED) is 0.667. The van der Waals surface area contributed by atoms with Crippen molar-refractivity contribution in [1.29, 1.82) is 0 Å². The fourth-order valence-corrected chi connectivity index (χ4v) is 4.99. The fraction of sp³-hybridized carbons (Fsp3) is 0.435. The number of hydrogen-bond donors (Lipinski definition) is 1. The van der Waals surface area contributed by atoms with E-state index in [4.69, 9.17) is 4.74 Å². The van der Waals surface area contributed by atoms with E-state index in [-0.39, 0.29) is 0 Å². The lowest BCUT2D eigenvalue weighted by Crippen LogP contribution is -2.45. The number of sulfonamides is 1. The maximum atomic E-state index is 12.9. The summed E-state index contributed by atoms with van der Waals surface area (Å²) < 4.78 is 31.5. The molecule has 1 amide bonds. The first-order valence-corrected chi connectivity index (χ1v) is 12.5. The van der Waals surface area contributed by atoms with E-state index in [0.717, 1.165) is 29.3 Å². The minimum atomic E-state index is -3.68. The van der Waals surface area contributed by atoms with Gasteiger partial charge in [-0.15, -0.1) is 0 Å². The number of benzene rings is 2. The average molecular weight is 446 g/mol. The van der Waals surface area contributed by atoms with Gasteiger partial charge in [-0.2, -0.15) is 0 Å². The van der Waals surface area contributed by atoms with Crippen molar-refractivity contribution in [2.45, 2.75) is 39.2 Å². The van der Waals surface area contributed by atoms with Gasteiger partial charge < -0.3 is 15.0 Å². The summed E-state index contributed by atoms with van der Waals surface area (Å²) in [6.45, 7) is 6.07. The number of anilines is 3. The molecule has 0 aromatic heterocycles. The number of ether oxygens (including phenoxy) is 1. The van der Waals surface area contributed by atoms with Gasteiger partial charge >= 0.3 is 0 Å². The molecular weight excluding hydrogens is 414 g/mol. The second kappa shape index (κ2) is 10.0. The Morgan fingerprint density at radius 1 is 1.06 bits per heavy atom. The summed E-state index contributed by atoms with van der Waals surface area (Å²) in [7, 11) is -3.68.